The Morgan fingerprint density at radius 1 is 1.14 bits per heavy atom. The van der Waals surface area contributed by atoms with E-state index in [1.54, 1.807) is 12.1 Å². The average molecular weight is 411 g/mol. The molecule has 0 spiro atoms. The van der Waals surface area contributed by atoms with Crippen LogP contribution in [0.5, 0.6) is 0 Å². The molecule has 6 nitrogen and oxygen atoms in total. The van der Waals surface area contributed by atoms with Crippen LogP contribution in [0.3, 0.4) is 0 Å². The lowest BCUT2D eigenvalue weighted by atomic mass is 10.1. The van der Waals surface area contributed by atoms with Crippen molar-refractivity contribution in [1.82, 2.24) is 4.90 Å². The van der Waals surface area contributed by atoms with Gasteiger partial charge in [0.25, 0.3) is 5.91 Å². The first kappa shape index (κ1) is 19.4. The van der Waals surface area contributed by atoms with Gasteiger partial charge >= 0.3 is 0 Å². The molecule has 3 aromatic rings. The second-order valence-corrected chi connectivity index (χ2v) is 9.68. The number of amides is 1. The zero-order valence-corrected chi connectivity index (χ0v) is 16.8. The molecular weight excluding hydrogens is 390 g/mol. The summed E-state index contributed by atoms with van der Waals surface area (Å²) in [5.41, 5.74) is 1.84. The zero-order chi connectivity index (χ0) is 20.6. The lowest BCUT2D eigenvalue weighted by Crippen LogP contribution is -2.40. The summed E-state index contributed by atoms with van der Waals surface area (Å²) < 4.78 is 29.8. The van der Waals surface area contributed by atoms with Gasteiger partial charge in [0.15, 0.2) is 21.0 Å². The van der Waals surface area contributed by atoms with E-state index < -0.39 is 21.8 Å². The Morgan fingerprint density at radius 3 is 2.59 bits per heavy atom. The van der Waals surface area contributed by atoms with E-state index in [1.807, 2.05) is 43.3 Å². The molecule has 0 N–H and O–H groups in total. The molecule has 0 aliphatic carbocycles. The number of fused-ring (bicyclic) bond motifs is 1. The highest BCUT2D eigenvalue weighted by Gasteiger charge is 2.36. The lowest BCUT2D eigenvalue weighted by molar-refractivity contribution is 0.0648. The molecule has 1 saturated heterocycles. The summed E-state index contributed by atoms with van der Waals surface area (Å²) in [5.74, 6) is -0.582. The van der Waals surface area contributed by atoms with E-state index >= 15 is 0 Å². The van der Waals surface area contributed by atoms with Crippen molar-refractivity contribution in [1.29, 1.82) is 0 Å². The standard InChI is InChI=1S/C22H21NO5S/c1-15-7-8-20-18(11-15)19(24)12-21(28-20)22(25)23(13-16-5-3-2-4-6-16)17-9-10-29(26,27)14-17/h2-8,11-12,17H,9-10,13-14H2,1H3/t17-/m1/s1. The largest absolute Gasteiger partial charge is 0.451 e. The van der Waals surface area contributed by atoms with Crippen molar-refractivity contribution in [3.8, 4) is 0 Å². The summed E-state index contributed by atoms with van der Waals surface area (Å²) in [7, 11) is -3.18. The van der Waals surface area contributed by atoms with Gasteiger partial charge in [-0.15, -0.1) is 0 Å². The molecule has 150 valence electrons. The van der Waals surface area contributed by atoms with Crippen molar-refractivity contribution in [2.24, 2.45) is 0 Å². The monoisotopic (exact) mass is 411 g/mol. The Hall–Kier alpha value is -2.93. The van der Waals surface area contributed by atoms with Gasteiger partial charge in [0, 0.05) is 18.7 Å². The van der Waals surface area contributed by atoms with Crippen molar-refractivity contribution in [3.63, 3.8) is 0 Å². The lowest BCUT2D eigenvalue weighted by Gasteiger charge is -2.28. The summed E-state index contributed by atoms with van der Waals surface area (Å²) in [6, 6.07) is 15.3. The van der Waals surface area contributed by atoms with Crippen LogP contribution in [-0.2, 0) is 16.4 Å². The Kier molecular flexibility index (Phi) is 5.00. The Balaban J connectivity index is 1.74. The molecule has 1 fully saturated rings. The van der Waals surface area contributed by atoms with Crippen molar-refractivity contribution in [3.05, 3.63) is 81.7 Å². The molecule has 0 bridgehead atoms. The molecule has 4 rings (SSSR count). The van der Waals surface area contributed by atoms with Crippen LogP contribution in [0.2, 0.25) is 0 Å². The quantitative estimate of drug-likeness (QED) is 0.659. The first-order chi connectivity index (χ1) is 13.8. The van der Waals surface area contributed by atoms with Gasteiger partial charge in [-0.3, -0.25) is 9.59 Å². The summed E-state index contributed by atoms with van der Waals surface area (Å²) >= 11 is 0. The van der Waals surface area contributed by atoms with Gasteiger partial charge in [0.2, 0.25) is 0 Å². The number of aryl methyl sites for hydroxylation is 1. The fourth-order valence-corrected chi connectivity index (χ4v) is 5.42. The number of carbonyl (C=O) groups is 1. The molecular formula is C22H21NO5S. The van der Waals surface area contributed by atoms with Crippen LogP contribution in [0, 0.1) is 6.92 Å². The third-order valence-electron chi connectivity index (χ3n) is 5.20. The average Bonchev–Trinajstić information content (AvgIpc) is 3.06. The van der Waals surface area contributed by atoms with Gasteiger partial charge in [-0.2, -0.15) is 0 Å². The van der Waals surface area contributed by atoms with Gasteiger partial charge in [0.05, 0.1) is 16.9 Å². The fourth-order valence-electron chi connectivity index (χ4n) is 3.69. The first-order valence-electron chi connectivity index (χ1n) is 9.42. The minimum atomic E-state index is -3.18. The molecule has 1 atom stereocenters. The predicted octanol–water partition coefficient (Wildman–Crippen LogP) is 2.93. The minimum Gasteiger partial charge on any atom is -0.451 e. The van der Waals surface area contributed by atoms with Gasteiger partial charge in [-0.05, 0) is 31.0 Å². The van der Waals surface area contributed by atoms with E-state index in [-0.39, 0.29) is 29.2 Å². The molecule has 1 aromatic heterocycles. The number of sulfone groups is 1. The van der Waals surface area contributed by atoms with Crippen LogP contribution in [0.1, 0.15) is 28.1 Å². The summed E-state index contributed by atoms with van der Waals surface area (Å²) in [4.78, 5) is 27.4. The van der Waals surface area contributed by atoms with E-state index in [9.17, 15) is 18.0 Å². The van der Waals surface area contributed by atoms with Crippen molar-refractivity contribution in [2.75, 3.05) is 11.5 Å². The number of carbonyl (C=O) groups excluding carboxylic acids is 1. The maximum atomic E-state index is 13.3. The van der Waals surface area contributed by atoms with Crippen molar-refractivity contribution in [2.45, 2.75) is 25.9 Å². The molecule has 7 heteroatoms. The van der Waals surface area contributed by atoms with E-state index in [4.69, 9.17) is 4.42 Å². The number of hydrogen-bond donors (Lipinski definition) is 0. The first-order valence-corrected chi connectivity index (χ1v) is 11.2. The van der Waals surface area contributed by atoms with Crippen LogP contribution >= 0.6 is 0 Å². The molecule has 2 aromatic carbocycles. The van der Waals surface area contributed by atoms with Gasteiger partial charge in [-0.25, -0.2) is 8.42 Å². The molecule has 0 radical (unpaired) electrons. The van der Waals surface area contributed by atoms with E-state index in [1.165, 1.54) is 11.0 Å². The van der Waals surface area contributed by atoms with E-state index in [0.29, 0.717) is 17.4 Å². The summed E-state index contributed by atoms with van der Waals surface area (Å²) in [5, 5.41) is 0.416. The molecule has 1 aliphatic heterocycles. The van der Waals surface area contributed by atoms with Gasteiger partial charge in [-0.1, -0.05) is 42.0 Å². The van der Waals surface area contributed by atoms with Crippen molar-refractivity contribution >= 4 is 26.7 Å². The van der Waals surface area contributed by atoms with Crippen LogP contribution in [-0.4, -0.2) is 36.8 Å². The second kappa shape index (κ2) is 7.48. The third-order valence-corrected chi connectivity index (χ3v) is 6.95. The van der Waals surface area contributed by atoms with E-state index in [0.717, 1.165) is 11.1 Å². The highest BCUT2D eigenvalue weighted by molar-refractivity contribution is 7.91. The normalized spacial score (nSPS) is 18.0. The van der Waals surface area contributed by atoms with Crippen LogP contribution in [0.15, 0.2) is 63.8 Å². The Morgan fingerprint density at radius 2 is 1.90 bits per heavy atom. The summed E-state index contributed by atoms with van der Waals surface area (Å²) in [6.07, 6.45) is 0.373. The topological polar surface area (TPSA) is 84.7 Å². The molecule has 1 amide bonds. The molecule has 0 saturated carbocycles. The Bertz CT molecular complexity index is 1230. The number of benzene rings is 2. The smallest absolute Gasteiger partial charge is 0.290 e. The Labute approximate surface area is 168 Å². The van der Waals surface area contributed by atoms with Crippen molar-refractivity contribution < 1.29 is 17.6 Å². The van der Waals surface area contributed by atoms with Crippen LogP contribution in [0.4, 0.5) is 0 Å². The molecule has 29 heavy (non-hydrogen) atoms. The highest BCUT2D eigenvalue weighted by Crippen LogP contribution is 2.23. The number of hydrogen-bond acceptors (Lipinski definition) is 5. The van der Waals surface area contributed by atoms with Crippen LogP contribution < -0.4 is 5.43 Å². The third kappa shape index (κ3) is 4.10. The maximum Gasteiger partial charge on any atom is 0.290 e. The van der Waals surface area contributed by atoms with Gasteiger partial charge < -0.3 is 9.32 Å². The number of rotatable bonds is 4. The summed E-state index contributed by atoms with van der Waals surface area (Å²) in [6.45, 7) is 2.12. The second-order valence-electron chi connectivity index (χ2n) is 7.45. The maximum absolute atomic E-state index is 13.3. The number of nitrogens with zero attached hydrogens (tertiary/aromatic N) is 1. The minimum absolute atomic E-state index is 0.0528. The SMILES string of the molecule is Cc1ccc2oc(C(=O)N(Cc3ccccc3)[C@@H]3CCS(=O)(=O)C3)cc(=O)c2c1. The van der Waals surface area contributed by atoms with Gasteiger partial charge in [0.1, 0.15) is 5.58 Å². The molecule has 2 heterocycles. The molecule has 0 unspecified atom stereocenters. The highest BCUT2D eigenvalue weighted by atomic mass is 32.2. The zero-order valence-electron chi connectivity index (χ0n) is 16.0. The molecule has 1 aliphatic rings. The fraction of sp³-hybridized carbons (Fsp3) is 0.273. The van der Waals surface area contributed by atoms with Crippen LogP contribution in [0.25, 0.3) is 11.0 Å². The van der Waals surface area contributed by atoms with E-state index in [2.05, 4.69) is 0 Å². The predicted molar refractivity (Wildman–Crippen MR) is 111 cm³/mol.